The second-order valence-corrected chi connectivity index (χ2v) is 5.20. The van der Waals surface area contributed by atoms with E-state index in [9.17, 15) is 0 Å². The highest BCUT2D eigenvalue weighted by Crippen LogP contribution is 2.47. The van der Waals surface area contributed by atoms with Gasteiger partial charge in [0.2, 0.25) is 0 Å². The third kappa shape index (κ3) is 1.96. The topological polar surface area (TPSA) is 12.5 Å². The van der Waals surface area contributed by atoms with Crippen LogP contribution in [0.4, 0.5) is 0 Å². The predicted octanol–water partition coefficient (Wildman–Crippen LogP) is 2.88. The second-order valence-electron chi connectivity index (χ2n) is 5.20. The Bertz CT molecular complexity index is 178. The van der Waals surface area contributed by atoms with Crippen molar-refractivity contribution >= 4 is 0 Å². The maximum Gasteiger partial charge on any atom is 0.114 e. The number of nitrogens with zero attached hydrogens (tertiary/aromatic N) is 1. The van der Waals surface area contributed by atoms with Gasteiger partial charge in [-0.25, -0.2) is 0 Å². The monoisotopic (exact) mass is 199 g/mol. The van der Waals surface area contributed by atoms with Gasteiger partial charge >= 0.3 is 0 Å². The summed E-state index contributed by atoms with van der Waals surface area (Å²) in [6, 6.07) is 0.618. The van der Waals surface area contributed by atoms with Crippen LogP contribution >= 0.6 is 0 Å². The Morgan fingerprint density at radius 1 is 1.21 bits per heavy atom. The Labute approximate surface area is 88.6 Å². The zero-order valence-electron chi connectivity index (χ0n) is 9.21. The summed E-state index contributed by atoms with van der Waals surface area (Å²) in [5.74, 6) is 0.613. The molecular weight excluding hydrogens is 174 g/mol. The summed E-state index contributed by atoms with van der Waals surface area (Å²) in [6.45, 7) is 10.2. The normalized spacial score (nSPS) is 30.0. The van der Waals surface area contributed by atoms with E-state index in [1.165, 1.54) is 12.8 Å². The van der Waals surface area contributed by atoms with Crippen molar-refractivity contribution in [3.05, 3.63) is 0 Å². The lowest BCUT2D eigenvalue weighted by Crippen LogP contribution is -2.39. The molecule has 0 bridgehead atoms. The summed E-state index contributed by atoms with van der Waals surface area (Å²) in [6.07, 6.45) is 2.92. The van der Waals surface area contributed by atoms with E-state index >= 15 is 0 Å². The number of hydrogen-bond acceptors (Lipinski definition) is 2. The Morgan fingerprint density at radius 3 is 2.07 bits per heavy atom. The van der Waals surface area contributed by atoms with Gasteiger partial charge in [-0.1, -0.05) is 21.3 Å². The average Bonchev–Trinajstić information content (AvgIpc) is 2.60. The molecule has 2 fully saturated rings. The molecule has 0 amide bonds. The molecule has 0 N–H and O–H groups in total. The lowest BCUT2D eigenvalue weighted by molar-refractivity contribution is -0.0472. The Hall–Kier alpha value is -0.0800. The first kappa shape index (κ1) is 12.0. The Morgan fingerprint density at radius 2 is 1.79 bits per heavy atom. The van der Waals surface area contributed by atoms with E-state index in [-0.39, 0.29) is 13.0 Å². The van der Waals surface area contributed by atoms with Crippen molar-refractivity contribution in [2.24, 2.45) is 5.92 Å². The van der Waals surface area contributed by atoms with Gasteiger partial charge in [0.25, 0.3) is 0 Å². The molecule has 14 heavy (non-hydrogen) atoms. The number of rotatable bonds is 2. The maximum atomic E-state index is 6.12. The minimum atomic E-state index is 0. The van der Waals surface area contributed by atoms with Gasteiger partial charge in [0.1, 0.15) is 6.23 Å². The molecule has 0 radical (unpaired) electrons. The van der Waals surface area contributed by atoms with Gasteiger partial charge in [0.15, 0.2) is 0 Å². The van der Waals surface area contributed by atoms with Gasteiger partial charge in [-0.05, 0) is 32.6 Å². The number of hydrogen-bond donors (Lipinski definition) is 0. The van der Waals surface area contributed by atoms with Crippen molar-refractivity contribution in [3.63, 3.8) is 0 Å². The van der Waals surface area contributed by atoms with Crippen LogP contribution in [-0.2, 0) is 4.74 Å². The van der Waals surface area contributed by atoms with Crippen LogP contribution in [0.2, 0.25) is 0 Å². The van der Waals surface area contributed by atoms with Crippen molar-refractivity contribution in [2.75, 3.05) is 6.54 Å². The molecule has 1 saturated heterocycles. The molecule has 0 unspecified atom stereocenters. The van der Waals surface area contributed by atoms with E-state index in [1.54, 1.807) is 0 Å². The summed E-state index contributed by atoms with van der Waals surface area (Å²) in [5, 5.41) is 0. The Balaban J connectivity index is 0.000000980. The van der Waals surface area contributed by atoms with E-state index in [4.69, 9.17) is 4.74 Å². The number of ether oxygens (including phenoxy) is 1. The molecular formula is C12H25NO. The SMILES string of the molecule is C.CC(C)[C@@H]1OC2(CC2)CN1C(C)C. The van der Waals surface area contributed by atoms with Crippen LogP contribution in [0, 0.1) is 5.92 Å². The molecule has 0 aromatic rings. The molecule has 1 spiro atoms. The molecule has 2 rings (SSSR count). The largest absolute Gasteiger partial charge is 0.355 e. The van der Waals surface area contributed by atoms with Crippen molar-refractivity contribution in [2.45, 2.75) is 65.8 Å². The van der Waals surface area contributed by atoms with Gasteiger partial charge in [0, 0.05) is 12.6 Å². The van der Waals surface area contributed by atoms with Gasteiger partial charge in [-0.3, -0.25) is 4.90 Å². The van der Waals surface area contributed by atoms with Gasteiger partial charge < -0.3 is 4.74 Å². The van der Waals surface area contributed by atoms with Crippen LogP contribution in [0.1, 0.15) is 48.0 Å². The fourth-order valence-electron chi connectivity index (χ4n) is 2.19. The average molecular weight is 199 g/mol. The van der Waals surface area contributed by atoms with Gasteiger partial charge in [-0.15, -0.1) is 0 Å². The minimum absolute atomic E-state index is 0. The van der Waals surface area contributed by atoms with Gasteiger partial charge in [0.05, 0.1) is 5.60 Å². The Kier molecular flexibility index (Phi) is 3.27. The van der Waals surface area contributed by atoms with Crippen LogP contribution in [0.3, 0.4) is 0 Å². The third-order valence-electron chi connectivity index (χ3n) is 3.21. The smallest absolute Gasteiger partial charge is 0.114 e. The first-order valence-electron chi connectivity index (χ1n) is 5.48. The van der Waals surface area contributed by atoms with Crippen LogP contribution in [0.5, 0.6) is 0 Å². The van der Waals surface area contributed by atoms with Crippen molar-refractivity contribution < 1.29 is 4.74 Å². The highest BCUT2D eigenvalue weighted by atomic mass is 16.5. The summed E-state index contributed by atoms with van der Waals surface area (Å²) in [4.78, 5) is 2.51. The van der Waals surface area contributed by atoms with E-state index in [2.05, 4.69) is 32.6 Å². The standard InChI is InChI=1S/C11H21NO.CH4/c1-8(2)10-12(9(3)4)7-11(13-10)5-6-11;/h8-10H,5-7H2,1-4H3;1H4/t10-;/m0./s1. The molecule has 1 heterocycles. The highest BCUT2D eigenvalue weighted by molar-refractivity contribution is 5.04. The molecule has 1 aliphatic heterocycles. The molecule has 84 valence electrons. The molecule has 2 heteroatoms. The third-order valence-corrected chi connectivity index (χ3v) is 3.21. The molecule has 0 aromatic carbocycles. The highest BCUT2D eigenvalue weighted by Gasteiger charge is 2.54. The van der Waals surface area contributed by atoms with Crippen LogP contribution in [0.15, 0.2) is 0 Å². The van der Waals surface area contributed by atoms with E-state index in [1.807, 2.05) is 0 Å². The predicted molar refractivity (Wildman–Crippen MR) is 60.2 cm³/mol. The second kappa shape index (κ2) is 3.82. The van der Waals surface area contributed by atoms with Crippen LogP contribution in [-0.4, -0.2) is 29.3 Å². The summed E-state index contributed by atoms with van der Waals surface area (Å²) in [7, 11) is 0. The molecule has 1 aliphatic carbocycles. The van der Waals surface area contributed by atoms with Gasteiger partial charge in [-0.2, -0.15) is 0 Å². The summed E-state index contributed by atoms with van der Waals surface area (Å²) < 4.78 is 6.12. The van der Waals surface area contributed by atoms with E-state index in [0.29, 0.717) is 18.2 Å². The first-order chi connectivity index (χ1) is 6.04. The lowest BCUT2D eigenvalue weighted by Gasteiger charge is -2.28. The van der Waals surface area contributed by atoms with Crippen molar-refractivity contribution in [1.29, 1.82) is 0 Å². The van der Waals surface area contributed by atoms with Crippen LogP contribution in [0.25, 0.3) is 0 Å². The van der Waals surface area contributed by atoms with Crippen molar-refractivity contribution in [3.8, 4) is 0 Å². The molecule has 1 atom stereocenters. The van der Waals surface area contributed by atoms with E-state index in [0.717, 1.165) is 6.54 Å². The van der Waals surface area contributed by atoms with Crippen LogP contribution < -0.4 is 0 Å². The minimum Gasteiger partial charge on any atom is -0.355 e. The zero-order valence-corrected chi connectivity index (χ0v) is 9.21. The quantitative estimate of drug-likeness (QED) is 0.678. The summed E-state index contributed by atoms with van der Waals surface area (Å²) in [5.41, 5.74) is 0.277. The van der Waals surface area contributed by atoms with Crippen molar-refractivity contribution in [1.82, 2.24) is 4.90 Å². The zero-order chi connectivity index (χ0) is 9.64. The summed E-state index contributed by atoms with van der Waals surface area (Å²) >= 11 is 0. The lowest BCUT2D eigenvalue weighted by atomic mass is 10.1. The molecule has 2 aliphatic rings. The van der Waals surface area contributed by atoms with E-state index < -0.39 is 0 Å². The fourth-order valence-corrected chi connectivity index (χ4v) is 2.19. The molecule has 1 saturated carbocycles. The first-order valence-corrected chi connectivity index (χ1v) is 5.48. The molecule has 2 nitrogen and oxygen atoms in total. The fraction of sp³-hybridized carbons (Fsp3) is 1.00. The molecule has 0 aromatic heterocycles. The maximum absolute atomic E-state index is 6.12.